The third-order valence-electron chi connectivity index (χ3n) is 3.18. The molecule has 0 amide bonds. The number of halogens is 1. The van der Waals surface area contributed by atoms with Gasteiger partial charge in [-0.2, -0.15) is 0 Å². The van der Waals surface area contributed by atoms with E-state index in [1.807, 2.05) is 24.3 Å². The Labute approximate surface area is 116 Å². The Hall–Kier alpha value is -1.87. The van der Waals surface area contributed by atoms with Crippen LogP contribution in [-0.2, 0) is 0 Å². The van der Waals surface area contributed by atoms with Gasteiger partial charge < -0.3 is 4.98 Å². The van der Waals surface area contributed by atoms with E-state index in [1.165, 1.54) is 5.56 Å². The van der Waals surface area contributed by atoms with Gasteiger partial charge in [-0.15, -0.1) is 0 Å². The molecule has 1 aromatic carbocycles. The molecule has 96 valence electrons. The number of nitrogens with zero attached hydrogens (tertiary/aromatic N) is 2. The predicted molar refractivity (Wildman–Crippen MR) is 78.4 cm³/mol. The summed E-state index contributed by atoms with van der Waals surface area (Å²) >= 11 is 5.95. The standard InChI is InChI=1S/C15H14ClN3/c1-9(2)12-13(10-3-5-11(16)6-4-10)19-15-14(12)17-7-8-18-15/h3-9H,1-2H3,(H,18,19). The summed E-state index contributed by atoms with van der Waals surface area (Å²) in [6.45, 7) is 4.33. The Kier molecular flexibility index (Phi) is 2.99. The maximum absolute atomic E-state index is 5.95. The minimum atomic E-state index is 0.371. The zero-order valence-corrected chi connectivity index (χ0v) is 11.6. The summed E-state index contributed by atoms with van der Waals surface area (Å²) in [4.78, 5) is 12.2. The lowest BCUT2D eigenvalue weighted by Gasteiger charge is -2.07. The molecule has 0 saturated heterocycles. The van der Waals surface area contributed by atoms with E-state index < -0.39 is 0 Å². The smallest absolute Gasteiger partial charge is 0.156 e. The van der Waals surface area contributed by atoms with Crippen LogP contribution in [-0.4, -0.2) is 15.0 Å². The summed E-state index contributed by atoms with van der Waals surface area (Å²) in [7, 11) is 0. The summed E-state index contributed by atoms with van der Waals surface area (Å²) in [5.74, 6) is 0.371. The van der Waals surface area contributed by atoms with E-state index in [0.29, 0.717) is 5.92 Å². The van der Waals surface area contributed by atoms with Gasteiger partial charge >= 0.3 is 0 Å². The first-order valence-electron chi connectivity index (χ1n) is 6.25. The largest absolute Gasteiger partial charge is 0.338 e. The summed E-state index contributed by atoms with van der Waals surface area (Å²) < 4.78 is 0. The zero-order chi connectivity index (χ0) is 13.4. The van der Waals surface area contributed by atoms with Gasteiger partial charge in [-0.05, 0) is 23.6 Å². The molecule has 19 heavy (non-hydrogen) atoms. The van der Waals surface area contributed by atoms with Crippen LogP contribution in [0.15, 0.2) is 36.7 Å². The molecule has 3 rings (SSSR count). The molecule has 0 atom stereocenters. The van der Waals surface area contributed by atoms with Gasteiger partial charge in [-0.3, -0.25) is 4.98 Å². The number of rotatable bonds is 2. The fraction of sp³-hybridized carbons (Fsp3) is 0.200. The summed E-state index contributed by atoms with van der Waals surface area (Å²) in [6, 6.07) is 7.82. The first-order valence-corrected chi connectivity index (χ1v) is 6.63. The average molecular weight is 272 g/mol. The predicted octanol–water partition coefficient (Wildman–Crippen LogP) is 4.40. The number of aromatic nitrogens is 3. The minimum absolute atomic E-state index is 0.371. The third kappa shape index (κ3) is 2.10. The lowest BCUT2D eigenvalue weighted by molar-refractivity contribution is 0.875. The van der Waals surface area contributed by atoms with E-state index >= 15 is 0 Å². The van der Waals surface area contributed by atoms with Crippen molar-refractivity contribution >= 4 is 22.8 Å². The molecule has 0 radical (unpaired) electrons. The number of hydrogen-bond donors (Lipinski definition) is 1. The second-order valence-electron chi connectivity index (χ2n) is 4.83. The van der Waals surface area contributed by atoms with E-state index in [-0.39, 0.29) is 0 Å². The average Bonchev–Trinajstić information content (AvgIpc) is 2.78. The van der Waals surface area contributed by atoms with Gasteiger partial charge in [-0.25, -0.2) is 4.98 Å². The van der Waals surface area contributed by atoms with Crippen molar-refractivity contribution in [2.75, 3.05) is 0 Å². The van der Waals surface area contributed by atoms with Gasteiger partial charge in [0.15, 0.2) is 5.65 Å². The molecule has 0 spiro atoms. The van der Waals surface area contributed by atoms with Gasteiger partial charge in [0.05, 0.1) is 5.69 Å². The van der Waals surface area contributed by atoms with Crippen molar-refractivity contribution in [2.24, 2.45) is 0 Å². The molecule has 0 bridgehead atoms. The van der Waals surface area contributed by atoms with Crippen LogP contribution in [0.5, 0.6) is 0 Å². The van der Waals surface area contributed by atoms with E-state index in [2.05, 4.69) is 28.8 Å². The van der Waals surface area contributed by atoms with E-state index in [1.54, 1.807) is 12.4 Å². The Balaban J connectivity index is 2.28. The number of aromatic amines is 1. The van der Waals surface area contributed by atoms with Crippen LogP contribution in [0.4, 0.5) is 0 Å². The van der Waals surface area contributed by atoms with Gasteiger partial charge in [0, 0.05) is 23.0 Å². The SMILES string of the molecule is CC(C)c1c(-c2ccc(Cl)cc2)[nH]c2nccnc12. The molecule has 3 aromatic rings. The van der Waals surface area contributed by atoms with Crippen molar-refractivity contribution in [3.63, 3.8) is 0 Å². The van der Waals surface area contributed by atoms with Gasteiger partial charge in [0.2, 0.25) is 0 Å². The monoisotopic (exact) mass is 271 g/mol. The Morgan fingerprint density at radius 2 is 1.74 bits per heavy atom. The lowest BCUT2D eigenvalue weighted by atomic mass is 9.98. The van der Waals surface area contributed by atoms with E-state index in [4.69, 9.17) is 11.6 Å². The van der Waals surface area contributed by atoms with E-state index in [9.17, 15) is 0 Å². The highest BCUT2D eigenvalue weighted by molar-refractivity contribution is 6.30. The highest BCUT2D eigenvalue weighted by Gasteiger charge is 2.17. The fourth-order valence-electron chi connectivity index (χ4n) is 2.34. The quantitative estimate of drug-likeness (QED) is 0.750. The van der Waals surface area contributed by atoms with Crippen molar-refractivity contribution in [3.8, 4) is 11.3 Å². The van der Waals surface area contributed by atoms with Crippen molar-refractivity contribution in [2.45, 2.75) is 19.8 Å². The molecular formula is C15H14ClN3. The van der Waals surface area contributed by atoms with Crippen LogP contribution in [0.1, 0.15) is 25.3 Å². The molecule has 3 nitrogen and oxygen atoms in total. The molecule has 2 aromatic heterocycles. The van der Waals surface area contributed by atoms with Crippen molar-refractivity contribution in [1.82, 2.24) is 15.0 Å². The summed E-state index contributed by atoms with van der Waals surface area (Å²) in [5.41, 5.74) is 5.16. The first kappa shape index (κ1) is 12.2. The number of fused-ring (bicyclic) bond motifs is 1. The number of H-pyrrole nitrogens is 1. The number of benzene rings is 1. The van der Waals surface area contributed by atoms with Crippen molar-refractivity contribution in [3.05, 3.63) is 47.2 Å². The topological polar surface area (TPSA) is 41.6 Å². The van der Waals surface area contributed by atoms with Crippen molar-refractivity contribution < 1.29 is 0 Å². The Bertz CT molecular complexity index is 714. The molecular weight excluding hydrogens is 258 g/mol. The lowest BCUT2D eigenvalue weighted by Crippen LogP contribution is -1.91. The van der Waals surface area contributed by atoms with Crippen LogP contribution in [0, 0.1) is 0 Å². The molecule has 2 heterocycles. The Morgan fingerprint density at radius 3 is 2.42 bits per heavy atom. The second-order valence-corrected chi connectivity index (χ2v) is 5.27. The van der Waals surface area contributed by atoms with E-state index in [0.717, 1.165) is 27.4 Å². The number of nitrogens with one attached hydrogen (secondary N) is 1. The number of hydrogen-bond acceptors (Lipinski definition) is 2. The van der Waals surface area contributed by atoms with Crippen molar-refractivity contribution in [1.29, 1.82) is 0 Å². The second kappa shape index (κ2) is 4.67. The molecule has 0 unspecified atom stereocenters. The molecule has 0 fully saturated rings. The highest BCUT2D eigenvalue weighted by atomic mass is 35.5. The third-order valence-corrected chi connectivity index (χ3v) is 3.43. The summed E-state index contributed by atoms with van der Waals surface area (Å²) in [6.07, 6.45) is 3.43. The highest BCUT2D eigenvalue weighted by Crippen LogP contribution is 2.33. The van der Waals surface area contributed by atoms with Gasteiger partial charge in [-0.1, -0.05) is 37.6 Å². The molecule has 0 saturated carbocycles. The molecule has 0 aliphatic rings. The Morgan fingerprint density at radius 1 is 1.05 bits per heavy atom. The maximum atomic E-state index is 5.95. The molecule has 0 aliphatic carbocycles. The summed E-state index contributed by atoms with van der Waals surface area (Å²) in [5, 5.41) is 0.738. The van der Waals surface area contributed by atoms with Crippen LogP contribution in [0.25, 0.3) is 22.4 Å². The molecule has 4 heteroatoms. The van der Waals surface area contributed by atoms with Crippen LogP contribution >= 0.6 is 11.6 Å². The first-order chi connectivity index (χ1) is 9.16. The van der Waals surface area contributed by atoms with Gasteiger partial charge in [0.1, 0.15) is 5.52 Å². The molecule has 1 N–H and O–H groups in total. The normalized spacial score (nSPS) is 11.4. The van der Waals surface area contributed by atoms with Crippen LogP contribution < -0.4 is 0 Å². The minimum Gasteiger partial charge on any atom is -0.338 e. The van der Waals surface area contributed by atoms with Gasteiger partial charge in [0.25, 0.3) is 0 Å². The van der Waals surface area contributed by atoms with Crippen LogP contribution in [0.2, 0.25) is 5.02 Å². The van der Waals surface area contributed by atoms with Crippen LogP contribution in [0.3, 0.4) is 0 Å². The fourth-order valence-corrected chi connectivity index (χ4v) is 2.46. The molecule has 0 aliphatic heterocycles. The zero-order valence-electron chi connectivity index (χ0n) is 10.8. The maximum Gasteiger partial charge on any atom is 0.156 e.